The third-order valence-corrected chi connectivity index (χ3v) is 1.75. The minimum atomic E-state index is -0.506. The van der Waals surface area contributed by atoms with Gasteiger partial charge in [-0.15, -0.1) is 0 Å². The fraction of sp³-hybridized carbons (Fsp3) is 0.294. The van der Waals surface area contributed by atoms with Gasteiger partial charge in [-0.1, -0.05) is 30.9 Å². The summed E-state index contributed by atoms with van der Waals surface area (Å²) in [5.74, 6) is 10.2. The van der Waals surface area contributed by atoms with Crippen LogP contribution >= 0.6 is 0 Å². The Bertz CT molecular complexity index is 557. The first kappa shape index (κ1) is 18.3. The number of carbonyl (C=O) groups is 2. The van der Waals surface area contributed by atoms with Gasteiger partial charge in [-0.25, -0.2) is 0 Å². The van der Waals surface area contributed by atoms with Crippen LogP contribution in [0.25, 0.3) is 0 Å². The first-order chi connectivity index (χ1) is 10.1. The summed E-state index contributed by atoms with van der Waals surface area (Å²) >= 11 is 0. The first-order valence-electron chi connectivity index (χ1n) is 6.43. The van der Waals surface area contributed by atoms with Crippen LogP contribution in [0, 0.1) is 23.7 Å². The lowest BCUT2D eigenvalue weighted by Crippen LogP contribution is -1.99. The van der Waals surface area contributed by atoms with Crippen LogP contribution in [-0.2, 0) is 19.1 Å². The molecule has 0 saturated heterocycles. The number of carbonyl (C=O) groups excluding carboxylic acids is 2. The normalized spacial score (nSPS) is 10.5. The maximum atomic E-state index is 10.9. The molecule has 21 heavy (non-hydrogen) atoms. The van der Waals surface area contributed by atoms with E-state index in [1.807, 2.05) is 0 Å². The molecular formula is C17H18O4. The highest BCUT2D eigenvalue weighted by Crippen LogP contribution is 2.01. The lowest BCUT2D eigenvalue weighted by molar-refractivity contribution is -0.139. The van der Waals surface area contributed by atoms with E-state index in [9.17, 15) is 9.59 Å². The predicted octanol–water partition coefficient (Wildman–Crippen LogP) is 2.87. The molecule has 0 rings (SSSR count). The maximum absolute atomic E-state index is 10.9. The largest absolute Gasteiger partial charge is 0.431 e. The summed E-state index contributed by atoms with van der Waals surface area (Å²) in [5, 5.41) is 0. The number of ether oxygens (including phenoxy) is 2. The number of esters is 2. The summed E-state index contributed by atoms with van der Waals surface area (Å²) in [4.78, 5) is 21.5. The fourth-order valence-electron chi connectivity index (χ4n) is 0.968. The Morgan fingerprint density at radius 2 is 1.86 bits per heavy atom. The van der Waals surface area contributed by atoms with Gasteiger partial charge in [-0.05, 0) is 30.4 Å². The van der Waals surface area contributed by atoms with Crippen molar-refractivity contribution in [3.8, 4) is 23.7 Å². The Labute approximate surface area is 125 Å². The number of allylic oxidation sites excluding steroid dienone is 4. The van der Waals surface area contributed by atoms with E-state index < -0.39 is 11.9 Å². The van der Waals surface area contributed by atoms with Gasteiger partial charge < -0.3 is 9.47 Å². The van der Waals surface area contributed by atoms with Crippen LogP contribution in [0.4, 0.5) is 0 Å². The Hall–Kier alpha value is -2.72. The van der Waals surface area contributed by atoms with Crippen LogP contribution in [0.2, 0.25) is 0 Å². The maximum Gasteiger partial charge on any atom is 0.308 e. The second-order valence-corrected chi connectivity index (χ2v) is 3.76. The molecule has 110 valence electrons. The van der Waals surface area contributed by atoms with Crippen molar-refractivity contribution in [2.45, 2.75) is 33.6 Å². The Kier molecular flexibility index (Phi) is 10.7. The monoisotopic (exact) mass is 286 g/mol. The van der Waals surface area contributed by atoms with Crippen LogP contribution in [0.3, 0.4) is 0 Å². The highest BCUT2D eigenvalue weighted by atomic mass is 16.6. The molecule has 0 aliphatic rings. The molecule has 0 spiro atoms. The van der Waals surface area contributed by atoms with Crippen molar-refractivity contribution in [3.63, 3.8) is 0 Å². The Balaban J connectivity index is 4.50. The zero-order valence-electron chi connectivity index (χ0n) is 12.4. The zero-order chi connectivity index (χ0) is 15.9. The molecule has 4 nitrogen and oxygen atoms in total. The molecule has 0 atom stereocenters. The molecule has 0 heterocycles. The van der Waals surface area contributed by atoms with E-state index in [2.05, 4.69) is 35.3 Å². The summed E-state index contributed by atoms with van der Waals surface area (Å²) < 4.78 is 9.48. The minimum Gasteiger partial charge on any atom is -0.431 e. The lowest BCUT2D eigenvalue weighted by atomic mass is 10.3. The van der Waals surface area contributed by atoms with Crippen molar-refractivity contribution in [3.05, 3.63) is 36.3 Å². The zero-order valence-corrected chi connectivity index (χ0v) is 12.4. The van der Waals surface area contributed by atoms with Crippen molar-refractivity contribution >= 4 is 11.9 Å². The number of unbranched alkanes of at least 4 members (excludes halogenated alkanes) is 1. The molecule has 4 heteroatoms. The summed E-state index contributed by atoms with van der Waals surface area (Å²) in [6.07, 6.45) is 9.26. The molecule has 0 radical (unpaired) electrons. The molecule has 0 aliphatic carbocycles. The van der Waals surface area contributed by atoms with E-state index in [1.165, 1.54) is 19.9 Å². The standard InChI is InChI=1S/C17H18O4/c1-4-5-6-7-8-9-10-11-12-13-17(21-16(3)19)14-20-15(2)18/h10-14H,4-5H2,1-3H3/b11-10+,13-12-,17-14-. The van der Waals surface area contributed by atoms with Crippen molar-refractivity contribution in [1.29, 1.82) is 0 Å². The molecule has 0 saturated carbocycles. The topological polar surface area (TPSA) is 52.6 Å². The van der Waals surface area contributed by atoms with E-state index >= 15 is 0 Å². The Morgan fingerprint density at radius 3 is 2.48 bits per heavy atom. The van der Waals surface area contributed by atoms with Gasteiger partial charge in [0, 0.05) is 20.3 Å². The molecule has 0 bridgehead atoms. The highest BCUT2D eigenvalue weighted by molar-refractivity contribution is 5.68. The van der Waals surface area contributed by atoms with E-state index in [0.717, 1.165) is 19.1 Å². The second kappa shape index (κ2) is 12.3. The van der Waals surface area contributed by atoms with E-state index in [0.29, 0.717) is 0 Å². The molecule has 0 aromatic heterocycles. The number of rotatable bonds is 5. The van der Waals surface area contributed by atoms with E-state index in [-0.39, 0.29) is 5.76 Å². The van der Waals surface area contributed by atoms with Crippen molar-refractivity contribution in [2.24, 2.45) is 0 Å². The van der Waals surface area contributed by atoms with Crippen LogP contribution in [0.15, 0.2) is 36.3 Å². The van der Waals surface area contributed by atoms with Gasteiger partial charge in [0.15, 0.2) is 5.76 Å². The molecule has 0 amide bonds. The minimum absolute atomic E-state index is 0.123. The van der Waals surface area contributed by atoms with E-state index in [4.69, 9.17) is 4.74 Å². The SMILES string of the molecule is CCCC#CC#C/C=C/C=C\C(=C\OC(C)=O)OC(C)=O. The molecule has 0 aromatic rings. The quantitative estimate of drug-likeness (QED) is 0.337. The van der Waals surface area contributed by atoms with Crippen molar-refractivity contribution in [2.75, 3.05) is 0 Å². The first-order valence-corrected chi connectivity index (χ1v) is 6.43. The number of hydrogen-bond acceptors (Lipinski definition) is 4. The lowest BCUT2D eigenvalue weighted by Gasteiger charge is -2.00. The fourth-order valence-corrected chi connectivity index (χ4v) is 0.968. The van der Waals surface area contributed by atoms with Gasteiger partial charge in [0.1, 0.15) is 6.26 Å². The van der Waals surface area contributed by atoms with Crippen LogP contribution in [0.1, 0.15) is 33.6 Å². The number of hydrogen-bond donors (Lipinski definition) is 0. The second-order valence-electron chi connectivity index (χ2n) is 3.76. The highest BCUT2D eigenvalue weighted by Gasteiger charge is 1.99. The molecule has 0 N–H and O–H groups in total. The molecule has 0 unspecified atom stereocenters. The summed E-state index contributed by atoms with van der Waals surface area (Å²) in [5.41, 5.74) is 0. The molecule has 0 fully saturated rings. The average molecular weight is 286 g/mol. The predicted molar refractivity (Wildman–Crippen MR) is 80.4 cm³/mol. The molecule has 0 aromatic carbocycles. The van der Waals surface area contributed by atoms with Gasteiger partial charge in [0.2, 0.25) is 0 Å². The van der Waals surface area contributed by atoms with Gasteiger partial charge >= 0.3 is 11.9 Å². The van der Waals surface area contributed by atoms with Crippen LogP contribution in [-0.4, -0.2) is 11.9 Å². The van der Waals surface area contributed by atoms with Crippen LogP contribution in [0.5, 0.6) is 0 Å². The smallest absolute Gasteiger partial charge is 0.308 e. The third-order valence-electron chi connectivity index (χ3n) is 1.75. The average Bonchev–Trinajstić information content (AvgIpc) is 2.42. The summed E-state index contributed by atoms with van der Waals surface area (Å²) in [7, 11) is 0. The van der Waals surface area contributed by atoms with E-state index in [1.54, 1.807) is 18.2 Å². The molecule has 0 aliphatic heterocycles. The molecular weight excluding hydrogens is 268 g/mol. The summed E-state index contributed by atoms with van der Waals surface area (Å²) in [6.45, 7) is 4.56. The van der Waals surface area contributed by atoms with Gasteiger partial charge in [-0.2, -0.15) is 0 Å². The van der Waals surface area contributed by atoms with Crippen LogP contribution < -0.4 is 0 Å². The van der Waals surface area contributed by atoms with Crippen molar-refractivity contribution < 1.29 is 19.1 Å². The third kappa shape index (κ3) is 13.5. The Morgan fingerprint density at radius 1 is 1.10 bits per heavy atom. The van der Waals surface area contributed by atoms with Gasteiger partial charge in [-0.3, -0.25) is 9.59 Å². The van der Waals surface area contributed by atoms with Crippen molar-refractivity contribution in [1.82, 2.24) is 0 Å². The summed E-state index contributed by atoms with van der Waals surface area (Å²) in [6, 6.07) is 0. The van der Waals surface area contributed by atoms with Gasteiger partial charge in [0.05, 0.1) is 0 Å². The van der Waals surface area contributed by atoms with Gasteiger partial charge in [0.25, 0.3) is 0 Å².